The molecule has 0 saturated heterocycles. The Kier molecular flexibility index (Phi) is 6.56. The Morgan fingerprint density at radius 3 is 1.87 bits per heavy atom. The van der Waals surface area contributed by atoms with E-state index in [2.05, 4.69) is 140 Å². The van der Waals surface area contributed by atoms with Gasteiger partial charge in [0, 0.05) is 42.4 Å². The second-order valence-corrected chi connectivity index (χ2v) is 15.1. The van der Waals surface area contributed by atoms with Crippen molar-refractivity contribution in [3.05, 3.63) is 158 Å². The first-order valence-corrected chi connectivity index (χ1v) is 18.8. The van der Waals surface area contributed by atoms with E-state index in [1.165, 1.54) is 47.1 Å². The van der Waals surface area contributed by atoms with Crippen molar-refractivity contribution in [1.82, 2.24) is 19.9 Å². The number of hydrogen-bond acceptors (Lipinski definition) is 6. The normalized spacial score (nSPS) is 11.8. The summed E-state index contributed by atoms with van der Waals surface area (Å²) in [5.74, 6) is 1.93. The zero-order chi connectivity index (χ0) is 34.2. The molecule has 11 rings (SSSR count). The number of thiazole rings is 1. The summed E-state index contributed by atoms with van der Waals surface area (Å²) in [6.07, 6.45) is 0. The average Bonchev–Trinajstić information content (AvgIpc) is 3.81. The van der Waals surface area contributed by atoms with Crippen LogP contribution in [0, 0.1) is 0 Å². The molecule has 0 radical (unpaired) electrons. The number of aromatic nitrogens is 4. The van der Waals surface area contributed by atoms with E-state index in [9.17, 15) is 0 Å². The van der Waals surface area contributed by atoms with Crippen LogP contribution in [-0.2, 0) is 0 Å². The molecule has 0 aliphatic rings. The smallest absolute Gasteiger partial charge is 0.166 e. The molecular weight excluding hydrogens is 673 g/mol. The highest BCUT2D eigenvalue weighted by Crippen LogP contribution is 2.47. The number of hydrogen-bond donors (Lipinski definition) is 0. The second-order valence-electron chi connectivity index (χ2n) is 13.0. The van der Waals surface area contributed by atoms with Crippen molar-refractivity contribution < 1.29 is 0 Å². The third-order valence-electron chi connectivity index (χ3n) is 9.91. The van der Waals surface area contributed by atoms with E-state index in [0.717, 1.165) is 42.9 Å². The Morgan fingerprint density at radius 1 is 0.365 bits per heavy atom. The molecule has 0 aliphatic heterocycles. The number of thiophene rings is 1. The molecule has 0 amide bonds. The van der Waals surface area contributed by atoms with E-state index < -0.39 is 0 Å². The Bertz CT molecular complexity index is 3200. The van der Waals surface area contributed by atoms with Crippen molar-refractivity contribution in [2.45, 2.75) is 0 Å². The minimum absolute atomic E-state index is 0.641. The lowest BCUT2D eigenvalue weighted by molar-refractivity contribution is 1.08. The molecule has 52 heavy (non-hydrogen) atoms. The van der Waals surface area contributed by atoms with Crippen LogP contribution in [0.5, 0.6) is 0 Å². The minimum Gasteiger partial charge on any atom is -0.236 e. The zero-order valence-corrected chi connectivity index (χ0v) is 29.2. The summed E-state index contributed by atoms with van der Waals surface area (Å²) in [7, 11) is 0. The van der Waals surface area contributed by atoms with E-state index in [-0.39, 0.29) is 0 Å². The predicted molar refractivity (Wildman–Crippen MR) is 220 cm³/mol. The number of fused-ring (bicyclic) bond motifs is 8. The molecule has 0 unspecified atom stereocenters. The molecule has 0 spiro atoms. The van der Waals surface area contributed by atoms with Gasteiger partial charge in [-0.25, -0.2) is 19.9 Å². The summed E-state index contributed by atoms with van der Waals surface area (Å²) in [6.45, 7) is 0. The highest BCUT2D eigenvalue weighted by molar-refractivity contribution is 7.26. The molecule has 0 saturated carbocycles. The first kappa shape index (κ1) is 29.4. The van der Waals surface area contributed by atoms with E-state index in [0.29, 0.717) is 17.5 Å². The molecule has 0 aliphatic carbocycles. The van der Waals surface area contributed by atoms with Crippen molar-refractivity contribution in [3.63, 3.8) is 0 Å². The summed E-state index contributed by atoms with van der Waals surface area (Å²) in [6, 6.07) is 55.6. The van der Waals surface area contributed by atoms with Crippen LogP contribution >= 0.6 is 22.7 Å². The highest BCUT2D eigenvalue weighted by atomic mass is 32.1. The number of rotatable bonds is 4. The quantitative estimate of drug-likeness (QED) is 0.172. The molecule has 0 fully saturated rings. The van der Waals surface area contributed by atoms with Gasteiger partial charge in [0.05, 0.1) is 10.2 Å². The number of nitrogens with zero attached hydrogens (tertiary/aromatic N) is 4. The lowest BCUT2D eigenvalue weighted by atomic mass is 9.99. The zero-order valence-electron chi connectivity index (χ0n) is 27.6. The van der Waals surface area contributed by atoms with Gasteiger partial charge in [-0.15, -0.1) is 22.7 Å². The minimum atomic E-state index is 0.641. The fourth-order valence-corrected chi connectivity index (χ4v) is 9.64. The van der Waals surface area contributed by atoms with Crippen LogP contribution in [0.4, 0.5) is 0 Å². The summed E-state index contributed by atoms with van der Waals surface area (Å²) in [5.41, 5.74) is 4.94. The van der Waals surface area contributed by atoms with Gasteiger partial charge in [0.2, 0.25) is 0 Å². The van der Waals surface area contributed by atoms with Gasteiger partial charge >= 0.3 is 0 Å². The highest BCUT2D eigenvalue weighted by Gasteiger charge is 2.23. The molecule has 0 atom stereocenters. The van der Waals surface area contributed by atoms with Gasteiger partial charge in [0.15, 0.2) is 17.5 Å². The van der Waals surface area contributed by atoms with Crippen molar-refractivity contribution in [2.75, 3.05) is 0 Å². The Hall–Kier alpha value is -6.34. The van der Waals surface area contributed by atoms with Gasteiger partial charge in [-0.2, -0.15) is 0 Å². The van der Waals surface area contributed by atoms with Gasteiger partial charge in [0.25, 0.3) is 0 Å². The molecule has 6 heteroatoms. The fraction of sp³-hybridized carbons (Fsp3) is 0. The van der Waals surface area contributed by atoms with Crippen molar-refractivity contribution in [3.8, 4) is 44.7 Å². The van der Waals surface area contributed by atoms with Crippen LogP contribution in [0.25, 0.3) is 107 Å². The Morgan fingerprint density at radius 2 is 1.00 bits per heavy atom. The third-order valence-corrected chi connectivity index (χ3v) is 12.2. The van der Waals surface area contributed by atoms with Gasteiger partial charge in [-0.1, -0.05) is 133 Å². The maximum atomic E-state index is 5.36. The van der Waals surface area contributed by atoms with E-state index in [1.807, 2.05) is 18.2 Å². The lowest BCUT2D eigenvalue weighted by Crippen LogP contribution is -2.00. The van der Waals surface area contributed by atoms with Gasteiger partial charge in [-0.05, 0) is 56.6 Å². The topological polar surface area (TPSA) is 51.6 Å². The predicted octanol–water partition coefficient (Wildman–Crippen LogP) is 13.0. The molecule has 0 bridgehead atoms. The van der Waals surface area contributed by atoms with Crippen LogP contribution in [0.3, 0.4) is 0 Å². The first-order valence-electron chi connectivity index (χ1n) is 17.2. The summed E-state index contributed by atoms with van der Waals surface area (Å²) < 4.78 is 3.46. The maximum absolute atomic E-state index is 5.36. The number of benzene rings is 8. The fourth-order valence-electron chi connectivity index (χ4n) is 7.40. The standard InChI is InChI=1S/C46H26N4S2/c1-2-12-30(13-3-1)43-48-44(32-22-21-29-20-19-28-11-6-7-15-34(28)36(29)25-32)50-45(49-43)41-40-35-16-8-9-17-38(35)51-39(40)26-37-42(41)52-46(47-37)33-23-18-27-10-4-5-14-31(27)24-33/h1-26H. The van der Waals surface area contributed by atoms with Gasteiger partial charge in [0.1, 0.15) is 5.01 Å². The lowest BCUT2D eigenvalue weighted by Gasteiger charge is -2.11. The van der Waals surface area contributed by atoms with Crippen molar-refractivity contribution in [2.24, 2.45) is 0 Å². The molecule has 0 N–H and O–H groups in total. The molecule has 242 valence electrons. The maximum Gasteiger partial charge on any atom is 0.166 e. The molecule has 3 aromatic heterocycles. The van der Waals surface area contributed by atoms with Gasteiger partial charge in [-0.3, -0.25) is 0 Å². The first-order chi connectivity index (χ1) is 25.7. The average molecular weight is 699 g/mol. The van der Waals surface area contributed by atoms with E-state index in [4.69, 9.17) is 19.9 Å². The van der Waals surface area contributed by atoms with Crippen LogP contribution in [-0.4, -0.2) is 19.9 Å². The summed E-state index contributed by atoms with van der Waals surface area (Å²) in [5, 5.41) is 10.5. The summed E-state index contributed by atoms with van der Waals surface area (Å²) >= 11 is 3.50. The molecule has 4 nitrogen and oxygen atoms in total. The largest absolute Gasteiger partial charge is 0.236 e. The second kappa shape index (κ2) is 11.6. The molecule has 11 aromatic rings. The SMILES string of the molecule is c1ccc(-c2nc(-c3ccc4ccc5ccccc5c4c3)nc(-c3c4sc(-c5ccc6ccccc6c5)nc4cc4sc5ccccc5c34)n2)cc1. The van der Waals surface area contributed by atoms with Crippen molar-refractivity contribution >= 4 is 85.4 Å². The van der Waals surface area contributed by atoms with Crippen LogP contribution in [0.2, 0.25) is 0 Å². The summed E-state index contributed by atoms with van der Waals surface area (Å²) in [4.78, 5) is 21.1. The Balaban J connectivity index is 1.21. The third kappa shape index (κ3) is 4.73. The van der Waals surface area contributed by atoms with Gasteiger partial charge < -0.3 is 0 Å². The Labute approximate surface area is 306 Å². The molecular formula is C46H26N4S2. The van der Waals surface area contributed by atoms with E-state index in [1.54, 1.807) is 22.7 Å². The van der Waals surface area contributed by atoms with Crippen molar-refractivity contribution in [1.29, 1.82) is 0 Å². The van der Waals surface area contributed by atoms with Crippen LogP contribution in [0.1, 0.15) is 0 Å². The molecule has 8 aromatic carbocycles. The monoisotopic (exact) mass is 698 g/mol. The van der Waals surface area contributed by atoms with Crippen LogP contribution in [0.15, 0.2) is 158 Å². The molecule has 3 heterocycles. The van der Waals surface area contributed by atoms with E-state index >= 15 is 0 Å². The van der Waals surface area contributed by atoms with Crippen LogP contribution < -0.4 is 0 Å².